The third-order valence-electron chi connectivity index (χ3n) is 3.75. The van der Waals surface area contributed by atoms with E-state index in [0.29, 0.717) is 11.0 Å². The van der Waals surface area contributed by atoms with Gasteiger partial charge in [0.15, 0.2) is 5.13 Å². The van der Waals surface area contributed by atoms with Crippen molar-refractivity contribution in [3.05, 3.63) is 22.7 Å². The molecule has 4 rings (SSSR count). The smallest absolute Gasteiger partial charge is 0.180 e. The molecule has 1 aliphatic heterocycles. The summed E-state index contributed by atoms with van der Waals surface area (Å²) in [6, 6.07) is 0. The largest absolute Gasteiger partial charge is 0.375 e. The van der Waals surface area contributed by atoms with E-state index in [-0.39, 0.29) is 12.4 Å². The molecule has 0 radical (unpaired) electrons. The summed E-state index contributed by atoms with van der Waals surface area (Å²) in [5.74, 6) is 2.98. The lowest BCUT2D eigenvalue weighted by Gasteiger charge is -2.27. The average Bonchev–Trinajstić information content (AvgIpc) is 3.04. The summed E-state index contributed by atoms with van der Waals surface area (Å²) in [6.07, 6.45) is 4.43. The van der Waals surface area contributed by atoms with Gasteiger partial charge in [0, 0.05) is 36.6 Å². The zero-order valence-corrected chi connectivity index (χ0v) is 12.7. The lowest BCUT2D eigenvalue weighted by Crippen LogP contribution is -2.33. The number of halogens is 1. The fourth-order valence-electron chi connectivity index (χ4n) is 2.62. The minimum Gasteiger partial charge on any atom is -0.375 e. The zero-order chi connectivity index (χ0) is 12.8. The van der Waals surface area contributed by atoms with E-state index in [1.807, 2.05) is 6.20 Å². The molecular weight excluding hydrogens is 296 g/mol. The highest BCUT2D eigenvalue weighted by molar-refractivity contribution is 7.15. The fourth-order valence-corrected chi connectivity index (χ4v) is 3.35. The fraction of sp³-hybridized carbons (Fsp3) is 0.583. The van der Waals surface area contributed by atoms with E-state index in [0.717, 1.165) is 32.0 Å². The Morgan fingerprint density at radius 3 is 2.85 bits per heavy atom. The molecule has 2 aromatic heterocycles. The summed E-state index contributed by atoms with van der Waals surface area (Å²) in [5, 5.41) is 9.36. The Labute approximate surface area is 127 Å². The van der Waals surface area contributed by atoms with Crippen LogP contribution in [0.5, 0.6) is 0 Å². The van der Waals surface area contributed by atoms with Crippen molar-refractivity contribution in [3.63, 3.8) is 0 Å². The van der Waals surface area contributed by atoms with Gasteiger partial charge >= 0.3 is 0 Å². The summed E-state index contributed by atoms with van der Waals surface area (Å²) < 4.78 is 2.31. The molecule has 8 heteroatoms. The van der Waals surface area contributed by atoms with Crippen molar-refractivity contribution in [3.8, 4) is 0 Å². The molecule has 1 saturated carbocycles. The summed E-state index contributed by atoms with van der Waals surface area (Å²) >= 11 is 1.56. The zero-order valence-electron chi connectivity index (χ0n) is 11.0. The van der Waals surface area contributed by atoms with Gasteiger partial charge in [-0.15, -0.1) is 33.9 Å². The first kappa shape index (κ1) is 13.8. The van der Waals surface area contributed by atoms with E-state index in [2.05, 4.69) is 24.6 Å². The van der Waals surface area contributed by atoms with Gasteiger partial charge in [0.2, 0.25) is 0 Å². The van der Waals surface area contributed by atoms with Crippen molar-refractivity contribution in [1.29, 1.82) is 0 Å². The highest BCUT2D eigenvalue weighted by Gasteiger charge is 2.32. The van der Waals surface area contributed by atoms with Gasteiger partial charge in [0.1, 0.15) is 11.6 Å². The number of rotatable bonds is 3. The molecule has 3 heterocycles. The number of anilines is 1. The first-order valence-electron chi connectivity index (χ1n) is 6.64. The van der Waals surface area contributed by atoms with Crippen LogP contribution in [0.4, 0.5) is 5.13 Å². The molecular formula is C12H17ClN6S. The molecule has 1 aliphatic carbocycles. The minimum atomic E-state index is 0. The van der Waals surface area contributed by atoms with E-state index in [9.17, 15) is 0 Å². The summed E-state index contributed by atoms with van der Waals surface area (Å²) in [7, 11) is 0. The first-order valence-corrected chi connectivity index (χ1v) is 7.46. The number of hydrogen-bond acceptors (Lipinski definition) is 6. The molecule has 0 atom stereocenters. The van der Waals surface area contributed by atoms with Gasteiger partial charge in [0.25, 0.3) is 0 Å². The predicted octanol–water partition coefficient (Wildman–Crippen LogP) is 1.63. The SMILES string of the molecule is Cl.Nc1ncc(CN2CCn3c(nnc3C3CC3)C2)s1. The van der Waals surface area contributed by atoms with Crippen molar-refractivity contribution < 1.29 is 0 Å². The standard InChI is InChI=1S/C12H16N6S.ClH/c13-12-14-5-9(19-12)6-17-3-4-18-10(7-17)15-16-11(18)8-1-2-8;/h5,8H,1-4,6-7H2,(H2,13,14);1H. The van der Waals surface area contributed by atoms with E-state index in [1.54, 1.807) is 11.3 Å². The van der Waals surface area contributed by atoms with Gasteiger partial charge in [-0.2, -0.15) is 0 Å². The van der Waals surface area contributed by atoms with Crippen molar-refractivity contribution in [1.82, 2.24) is 24.6 Å². The normalized spacial score (nSPS) is 18.6. The summed E-state index contributed by atoms with van der Waals surface area (Å²) in [6.45, 7) is 3.82. The van der Waals surface area contributed by atoms with Crippen LogP contribution < -0.4 is 5.73 Å². The monoisotopic (exact) mass is 312 g/mol. The molecule has 20 heavy (non-hydrogen) atoms. The number of nitrogens with zero attached hydrogens (tertiary/aromatic N) is 5. The molecule has 0 unspecified atom stereocenters. The molecule has 0 bridgehead atoms. The van der Waals surface area contributed by atoms with Crippen LogP contribution in [-0.4, -0.2) is 31.2 Å². The van der Waals surface area contributed by atoms with Crippen LogP contribution in [0.25, 0.3) is 0 Å². The molecule has 2 aromatic rings. The van der Waals surface area contributed by atoms with E-state index >= 15 is 0 Å². The van der Waals surface area contributed by atoms with Crippen LogP contribution in [0.15, 0.2) is 6.20 Å². The summed E-state index contributed by atoms with van der Waals surface area (Å²) in [5.41, 5.74) is 5.67. The molecule has 0 amide bonds. The second-order valence-corrected chi connectivity index (χ2v) is 6.42. The maximum Gasteiger partial charge on any atom is 0.180 e. The Kier molecular flexibility index (Phi) is 3.66. The number of nitrogen functional groups attached to an aromatic ring is 1. The van der Waals surface area contributed by atoms with Crippen LogP contribution in [0.3, 0.4) is 0 Å². The van der Waals surface area contributed by atoms with Gasteiger partial charge in [-0.1, -0.05) is 0 Å². The third kappa shape index (κ3) is 2.53. The molecule has 2 N–H and O–H groups in total. The predicted molar refractivity (Wildman–Crippen MR) is 79.9 cm³/mol. The van der Waals surface area contributed by atoms with Crippen LogP contribution in [0.2, 0.25) is 0 Å². The van der Waals surface area contributed by atoms with Gasteiger partial charge < -0.3 is 10.3 Å². The van der Waals surface area contributed by atoms with Crippen LogP contribution in [0.1, 0.15) is 35.3 Å². The lowest BCUT2D eigenvalue weighted by molar-refractivity contribution is 0.209. The van der Waals surface area contributed by atoms with Gasteiger partial charge in [0.05, 0.1) is 6.54 Å². The van der Waals surface area contributed by atoms with E-state index < -0.39 is 0 Å². The second-order valence-electron chi connectivity index (χ2n) is 5.28. The molecule has 1 fully saturated rings. The van der Waals surface area contributed by atoms with Crippen LogP contribution in [0, 0.1) is 0 Å². The molecule has 0 aromatic carbocycles. The van der Waals surface area contributed by atoms with Crippen LogP contribution in [-0.2, 0) is 19.6 Å². The van der Waals surface area contributed by atoms with Crippen molar-refractivity contribution >= 4 is 28.9 Å². The number of fused-ring (bicyclic) bond motifs is 1. The van der Waals surface area contributed by atoms with E-state index in [1.165, 1.54) is 23.5 Å². The van der Waals surface area contributed by atoms with E-state index in [4.69, 9.17) is 5.73 Å². The highest BCUT2D eigenvalue weighted by atomic mass is 35.5. The molecule has 108 valence electrons. The first-order chi connectivity index (χ1) is 9.29. The maximum atomic E-state index is 5.67. The Morgan fingerprint density at radius 1 is 1.30 bits per heavy atom. The lowest BCUT2D eigenvalue weighted by atomic mass is 10.3. The Hall–Kier alpha value is -1.18. The average molecular weight is 313 g/mol. The quantitative estimate of drug-likeness (QED) is 0.932. The van der Waals surface area contributed by atoms with Gasteiger partial charge in [-0.25, -0.2) is 4.98 Å². The maximum absolute atomic E-state index is 5.67. The number of thiazole rings is 1. The minimum absolute atomic E-state index is 0. The number of nitrogens with two attached hydrogens (primary N) is 1. The third-order valence-corrected chi connectivity index (χ3v) is 4.57. The topological polar surface area (TPSA) is 72.9 Å². The number of aromatic nitrogens is 4. The second kappa shape index (κ2) is 5.31. The van der Waals surface area contributed by atoms with Gasteiger partial charge in [-0.3, -0.25) is 4.90 Å². The Morgan fingerprint density at radius 2 is 2.15 bits per heavy atom. The number of hydrogen-bond donors (Lipinski definition) is 1. The van der Waals surface area contributed by atoms with Crippen LogP contribution >= 0.6 is 23.7 Å². The molecule has 0 saturated heterocycles. The van der Waals surface area contributed by atoms with Crippen molar-refractivity contribution in [2.45, 2.75) is 38.4 Å². The van der Waals surface area contributed by atoms with Gasteiger partial charge in [-0.05, 0) is 12.8 Å². The molecule has 0 spiro atoms. The molecule has 6 nitrogen and oxygen atoms in total. The Balaban J connectivity index is 0.00000121. The van der Waals surface area contributed by atoms with Crippen molar-refractivity contribution in [2.75, 3.05) is 12.3 Å². The van der Waals surface area contributed by atoms with Crippen molar-refractivity contribution in [2.24, 2.45) is 0 Å². The Bertz CT molecular complexity index is 605. The summed E-state index contributed by atoms with van der Waals surface area (Å²) in [4.78, 5) is 7.70. The highest BCUT2D eigenvalue weighted by Crippen LogP contribution is 2.39. The molecule has 2 aliphatic rings.